The molecular weight excluding hydrogens is 327 g/mol. The third kappa shape index (κ3) is 2.82. The maximum Gasteiger partial charge on any atom is 0.174 e. The van der Waals surface area contributed by atoms with E-state index in [1.807, 2.05) is 30.5 Å². The van der Waals surface area contributed by atoms with Crippen molar-refractivity contribution in [2.24, 2.45) is 0 Å². The summed E-state index contributed by atoms with van der Waals surface area (Å²) in [6.07, 6.45) is 2.13. The standard InChI is InChI=1S/C18H17FN2O2S/c19-13-3-6-16-17(10-20-18(16)9-13)12-1-4-15(5-2-12)24(23)21-8-7-14(22)11-21/h1-6,9-10,14,20,22H,7-8,11H2. The zero-order valence-corrected chi connectivity index (χ0v) is 13.7. The minimum atomic E-state index is -1.25. The summed E-state index contributed by atoms with van der Waals surface area (Å²) in [5, 5.41) is 10.5. The first-order valence-corrected chi connectivity index (χ1v) is 8.94. The molecular formula is C18H17FN2O2S. The van der Waals surface area contributed by atoms with Gasteiger partial charge < -0.3 is 14.6 Å². The van der Waals surface area contributed by atoms with Crippen LogP contribution >= 0.6 is 0 Å². The molecule has 2 unspecified atom stereocenters. The number of β-amino-alcohol motifs (C(OH)–C–C–N with tert-alkyl or cyclic N) is 1. The molecule has 2 aromatic carbocycles. The summed E-state index contributed by atoms with van der Waals surface area (Å²) in [5.74, 6) is -0.269. The van der Waals surface area contributed by atoms with E-state index in [-0.39, 0.29) is 11.9 Å². The van der Waals surface area contributed by atoms with Crippen molar-refractivity contribution in [2.75, 3.05) is 13.1 Å². The Morgan fingerprint density at radius 3 is 2.71 bits per heavy atom. The molecule has 2 N–H and O–H groups in total. The number of H-pyrrole nitrogens is 1. The van der Waals surface area contributed by atoms with Gasteiger partial charge in [0, 0.05) is 29.2 Å². The summed E-state index contributed by atoms with van der Waals surface area (Å²) < 4.78 is 27.6. The van der Waals surface area contributed by atoms with Crippen molar-refractivity contribution >= 4 is 22.3 Å². The van der Waals surface area contributed by atoms with Crippen LogP contribution in [0.3, 0.4) is 0 Å². The number of benzene rings is 2. The maximum absolute atomic E-state index is 13.3. The van der Waals surface area contributed by atoms with Crippen molar-refractivity contribution in [1.82, 2.24) is 9.29 Å². The molecule has 1 aliphatic heterocycles. The van der Waals surface area contributed by atoms with Crippen LogP contribution in [0.1, 0.15) is 6.42 Å². The Labute approximate surface area is 142 Å². The number of nitrogens with one attached hydrogen (secondary N) is 1. The van der Waals surface area contributed by atoms with Gasteiger partial charge in [-0.05, 0) is 54.4 Å². The molecule has 1 aliphatic rings. The van der Waals surface area contributed by atoms with Crippen LogP contribution in [0.2, 0.25) is 0 Å². The van der Waals surface area contributed by atoms with Crippen molar-refractivity contribution in [3.63, 3.8) is 0 Å². The summed E-state index contributed by atoms with van der Waals surface area (Å²) in [5.41, 5.74) is 2.72. The number of hydrogen-bond acceptors (Lipinski definition) is 3. The van der Waals surface area contributed by atoms with Crippen molar-refractivity contribution in [1.29, 1.82) is 0 Å². The van der Waals surface area contributed by atoms with E-state index in [9.17, 15) is 14.0 Å². The molecule has 0 saturated carbocycles. The van der Waals surface area contributed by atoms with Gasteiger partial charge >= 0.3 is 0 Å². The Kier molecular flexibility index (Phi) is 4.05. The zero-order valence-electron chi connectivity index (χ0n) is 12.9. The Morgan fingerprint density at radius 2 is 2.00 bits per heavy atom. The van der Waals surface area contributed by atoms with Crippen LogP contribution in [0.25, 0.3) is 22.0 Å². The number of halogens is 1. The molecule has 1 fully saturated rings. The molecule has 6 heteroatoms. The van der Waals surface area contributed by atoms with Crippen LogP contribution < -0.4 is 0 Å². The molecule has 0 aliphatic carbocycles. The molecule has 4 rings (SSSR count). The Hall–Kier alpha value is -1.86. The fourth-order valence-corrected chi connectivity index (χ4v) is 4.34. The highest BCUT2D eigenvalue weighted by Crippen LogP contribution is 2.30. The number of fused-ring (bicyclic) bond motifs is 1. The zero-order chi connectivity index (χ0) is 16.7. The lowest BCUT2D eigenvalue weighted by Gasteiger charge is -2.18. The molecule has 0 bridgehead atoms. The number of hydrogen-bond donors (Lipinski definition) is 2. The monoisotopic (exact) mass is 344 g/mol. The van der Waals surface area contributed by atoms with Crippen LogP contribution in [0.5, 0.6) is 0 Å². The molecule has 3 aromatic rings. The minimum absolute atomic E-state index is 0.269. The van der Waals surface area contributed by atoms with E-state index in [2.05, 4.69) is 4.98 Å². The number of aliphatic hydroxyl groups is 1. The third-order valence-corrected chi connectivity index (χ3v) is 5.85. The average molecular weight is 344 g/mol. The fraction of sp³-hybridized carbons (Fsp3) is 0.222. The normalized spacial score (nSPS) is 19.9. The van der Waals surface area contributed by atoms with Gasteiger partial charge in [-0.1, -0.05) is 0 Å². The minimum Gasteiger partial charge on any atom is -0.593 e. The maximum atomic E-state index is 13.3. The smallest absolute Gasteiger partial charge is 0.174 e. The van der Waals surface area contributed by atoms with Gasteiger partial charge in [0.1, 0.15) is 5.82 Å². The first-order valence-electron chi connectivity index (χ1n) is 7.84. The highest BCUT2D eigenvalue weighted by Gasteiger charge is 2.30. The first kappa shape index (κ1) is 15.7. The van der Waals surface area contributed by atoms with Crippen molar-refractivity contribution in [2.45, 2.75) is 17.4 Å². The molecule has 2 atom stereocenters. The quantitative estimate of drug-likeness (QED) is 0.718. The summed E-state index contributed by atoms with van der Waals surface area (Å²) in [4.78, 5) is 3.80. The van der Waals surface area contributed by atoms with Gasteiger partial charge in [-0.15, -0.1) is 4.31 Å². The lowest BCUT2D eigenvalue weighted by molar-refractivity contribution is 0.189. The van der Waals surface area contributed by atoms with Gasteiger partial charge in [0.25, 0.3) is 0 Å². The number of aromatic nitrogens is 1. The summed E-state index contributed by atoms with van der Waals surface area (Å²) in [6.45, 7) is 1.09. The third-order valence-electron chi connectivity index (χ3n) is 4.37. The van der Waals surface area contributed by atoms with Crippen LogP contribution in [-0.4, -0.2) is 38.1 Å². The molecule has 1 saturated heterocycles. The molecule has 0 amide bonds. The molecule has 1 aromatic heterocycles. The van der Waals surface area contributed by atoms with E-state index in [1.165, 1.54) is 12.1 Å². The van der Waals surface area contributed by atoms with Gasteiger partial charge in [-0.2, -0.15) is 0 Å². The van der Waals surface area contributed by atoms with Gasteiger partial charge in [-0.25, -0.2) is 4.39 Å². The topological polar surface area (TPSA) is 62.3 Å². The lowest BCUT2D eigenvalue weighted by Crippen LogP contribution is -2.29. The number of rotatable bonds is 3. The van der Waals surface area contributed by atoms with E-state index in [1.54, 1.807) is 10.4 Å². The van der Waals surface area contributed by atoms with Crippen LogP contribution in [0, 0.1) is 5.82 Å². The number of aliphatic hydroxyl groups excluding tert-OH is 1. The van der Waals surface area contributed by atoms with Gasteiger partial charge in [0.05, 0.1) is 24.0 Å². The second kappa shape index (κ2) is 6.22. The summed E-state index contributed by atoms with van der Waals surface area (Å²) in [7, 11) is 0. The number of nitrogens with zero attached hydrogens (tertiary/aromatic N) is 1. The lowest BCUT2D eigenvalue weighted by atomic mass is 10.1. The summed E-state index contributed by atoms with van der Waals surface area (Å²) in [6, 6.07) is 12.2. The molecule has 0 radical (unpaired) electrons. The van der Waals surface area contributed by atoms with Crippen LogP contribution in [0.4, 0.5) is 4.39 Å². The molecule has 4 nitrogen and oxygen atoms in total. The van der Waals surface area contributed by atoms with E-state index in [0.29, 0.717) is 19.5 Å². The Bertz CT molecular complexity index is 865. The first-order chi connectivity index (χ1) is 11.6. The predicted molar refractivity (Wildman–Crippen MR) is 92.3 cm³/mol. The van der Waals surface area contributed by atoms with Gasteiger partial charge in [0.2, 0.25) is 0 Å². The average Bonchev–Trinajstić information content (AvgIpc) is 3.20. The second-order valence-corrected chi connectivity index (χ2v) is 7.48. The molecule has 0 spiro atoms. The Morgan fingerprint density at radius 1 is 1.21 bits per heavy atom. The highest BCUT2D eigenvalue weighted by molar-refractivity contribution is 7.89. The summed E-state index contributed by atoms with van der Waals surface area (Å²) >= 11 is -1.25. The molecule has 124 valence electrons. The van der Waals surface area contributed by atoms with E-state index in [4.69, 9.17) is 0 Å². The second-order valence-electron chi connectivity index (χ2n) is 6.00. The number of aromatic amines is 1. The predicted octanol–water partition coefficient (Wildman–Crippen LogP) is 3.06. The van der Waals surface area contributed by atoms with E-state index in [0.717, 1.165) is 26.9 Å². The van der Waals surface area contributed by atoms with Crippen LogP contribution in [-0.2, 0) is 11.4 Å². The van der Waals surface area contributed by atoms with E-state index < -0.39 is 11.4 Å². The SMILES string of the molecule is [O-][S+](c1ccc(-c2c[nH]c3cc(F)ccc23)cc1)N1CCC(O)C1. The van der Waals surface area contributed by atoms with Crippen LogP contribution in [0.15, 0.2) is 53.6 Å². The highest BCUT2D eigenvalue weighted by atomic mass is 32.2. The van der Waals surface area contributed by atoms with Crippen molar-refractivity contribution < 1.29 is 14.0 Å². The van der Waals surface area contributed by atoms with E-state index >= 15 is 0 Å². The molecule has 2 heterocycles. The van der Waals surface area contributed by atoms with Crippen molar-refractivity contribution in [3.05, 3.63) is 54.5 Å². The fourth-order valence-electron chi connectivity index (χ4n) is 3.10. The molecule has 24 heavy (non-hydrogen) atoms. The van der Waals surface area contributed by atoms with Crippen molar-refractivity contribution in [3.8, 4) is 11.1 Å². The largest absolute Gasteiger partial charge is 0.593 e. The van der Waals surface area contributed by atoms with Gasteiger partial charge in [-0.3, -0.25) is 0 Å². The van der Waals surface area contributed by atoms with Gasteiger partial charge in [0.15, 0.2) is 4.90 Å². The Balaban J connectivity index is 1.61.